The molecule has 2 nitrogen and oxygen atoms in total. The third-order valence-corrected chi connectivity index (χ3v) is 1.18. The van der Waals surface area contributed by atoms with Crippen LogP contribution in [0.5, 0.6) is 0 Å². The van der Waals surface area contributed by atoms with E-state index in [1.165, 1.54) is 0 Å². The molecule has 0 amide bonds. The van der Waals surface area contributed by atoms with E-state index in [0.717, 1.165) is 0 Å². The lowest BCUT2D eigenvalue weighted by atomic mass is 10.2. The van der Waals surface area contributed by atoms with E-state index < -0.39 is 5.97 Å². The Morgan fingerprint density at radius 2 is 2.25 bits per heavy atom. The van der Waals surface area contributed by atoms with Gasteiger partial charge in [0.1, 0.15) is 0 Å². The lowest BCUT2D eigenvalue weighted by Crippen LogP contribution is -2.02. The normalized spacial score (nSPS) is 8.62. The van der Waals surface area contributed by atoms with Gasteiger partial charge in [-0.15, -0.1) is 0 Å². The van der Waals surface area contributed by atoms with E-state index in [0.29, 0.717) is 11.3 Å². The quantitative estimate of drug-likeness (QED) is 0.587. The molecule has 0 heterocycles. The van der Waals surface area contributed by atoms with Gasteiger partial charge >= 0.3 is 5.97 Å². The van der Waals surface area contributed by atoms with Crippen LogP contribution in [0.25, 0.3) is 0 Å². The monoisotopic (exact) mass is 132 g/mol. The molecule has 0 aliphatic carbocycles. The van der Waals surface area contributed by atoms with Gasteiger partial charge in [0.05, 0.1) is 6.42 Å². The van der Waals surface area contributed by atoms with E-state index in [1.54, 1.807) is 0 Å². The predicted molar refractivity (Wildman–Crippen MR) is 35.1 cm³/mol. The fraction of sp³-hybridized carbons (Fsp3) is 0.600. The third kappa shape index (κ3) is 3.74. The summed E-state index contributed by atoms with van der Waals surface area (Å²) in [6.45, 7) is 1.85. The number of carboxylic acid groups (broad SMARTS) is 1. The molecule has 0 radical (unpaired) electrons. The van der Waals surface area contributed by atoms with Crippen LogP contribution in [-0.4, -0.2) is 15.9 Å². The van der Waals surface area contributed by atoms with E-state index in [1.807, 2.05) is 6.92 Å². The van der Waals surface area contributed by atoms with Crippen molar-refractivity contribution in [2.75, 3.05) is 0 Å². The highest BCUT2D eigenvalue weighted by molar-refractivity contribution is 7.80. The first-order valence-corrected chi connectivity index (χ1v) is 2.81. The topological polar surface area (TPSA) is 37.3 Å². The maximum absolute atomic E-state index is 9.88. The fourth-order valence-electron chi connectivity index (χ4n) is 0.294. The Bertz CT molecular complexity index is 109. The molecule has 0 aromatic carbocycles. The summed E-state index contributed by atoms with van der Waals surface area (Å²) in [5.41, 5.74) is 0. The zero-order valence-corrected chi connectivity index (χ0v) is 5.49. The number of aliphatic carboxylic acids is 1. The Morgan fingerprint density at radius 1 is 1.75 bits per heavy atom. The van der Waals surface area contributed by atoms with Gasteiger partial charge in [0, 0.05) is 4.86 Å². The van der Waals surface area contributed by atoms with Gasteiger partial charge in [-0.25, -0.2) is 0 Å². The van der Waals surface area contributed by atoms with Gasteiger partial charge in [0.25, 0.3) is 0 Å². The minimum atomic E-state index is -0.836. The zero-order chi connectivity index (χ0) is 6.57. The van der Waals surface area contributed by atoms with Crippen LogP contribution >= 0.6 is 12.2 Å². The van der Waals surface area contributed by atoms with Crippen molar-refractivity contribution < 1.29 is 9.90 Å². The second kappa shape index (κ2) is 3.55. The number of thiocarbonyl (C=S) groups is 1. The Balaban J connectivity index is 3.40. The van der Waals surface area contributed by atoms with Crippen LogP contribution in [0, 0.1) is 0 Å². The van der Waals surface area contributed by atoms with Crippen molar-refractivity contribution in [3.63, 3.8) is 0 Å². The molecular formula is C5H8O2S. The molecule has 0 aromatic rings. The van der Waals surface area contributed by atoms with Crippen LogP contribution in [0.2, 0.25) is 0 Å². The summed E-state index contributed by atoms with van der Waals surface area (Å²) < 4.78 is 0. The second-order valence-corrected chi connectivity index (χ2v) is 2.04. The van der Waals surface area contributed by atoms with Crippen molar-refractivity contribution in [1.29, 1.82) is 0 Å². The van der Waals surface area contributed by atoms with E-state index in [-0.39, 0.29) is 6.42 Å². The van der Waals surface area contributed by atoms with Crippen LogP contribution in [0.4, 0.5) is 0 Å². The molecule has 0 unspecified atom stereocenters. The fourth-order valence-corrected chi connectivity index (χ4v) is 0.417. The minimum Gasteiger partial charge on any atom is -0.481 e. The summed E-state index contributed by atoms with van der Waals surface area (Å²) in [6, 6.07) is 0. The summed E-state index contributed by atoms with van der Waals surface area (Å²) in [7, 11) is 0. The third-order valence-electron chi connectivity index (χ3n) is 0.743. The predicted octanol–water partition coefficient (Wildman–Crippen LogP) is 1.24. The van der Waals surface area contributed by atoms with Gasteiger partial charge in [-0.05, 0) is 6.42 Å². The maximum atomic E-state index is 9.88. The van der Waals surface area contributed by atoms with Crippen LogP contribution in [0.15, 0.2) is 0 Å². The van der Waals surface area contributed by atoms with Crippen molar-refractivity contribution in [3.8, 4) is 0 Å². The van der Waals surface area contributed by atoms with Crippen molar-refractivity contribution >= 4 is 23.1 Å². The average molecular weight is 132 g/mol. The number of carboxylic acids is 1. The minimum absolute atomic E-state index is 0.0336. The van der Waals surface area contributed by atoms with E-state index in [4.69, 9.17) is 5.11 Å². The Labute approximate surface area is 53.5 Å². The maximum Gasteiger partial charge on any atom is 0.308 e. The van der Waals surface area contributed by atoms with E-state index in [9.17, 15) is 4.79 Å². The lowest BCUT2D eigenvalue weighted by Gasteiger charge is -1.90. The summed E-state index contributed by atoms with van der Waals surface area (Å²) in [5, 5.41) is 8.13. The molecule has 0 fully saturated rings. The molecule has 0 rings (SSSR count). The van der Waals surface area contributed by atoms with E-state index in [2.05, 4.69) is 12.2 Å². The second-order valence-electron chi connectivity index (χ2n) is 1.46. The summed E-state index contributed by atoms with van der Waals surface area (Å²) >= 11 is 4.65. The van der Waals surface area contributed by atoms with Gasteiger partial charge < -0.3 is 5.11 Å². The molecule has 0 saturated heterocycles. The first-order chi connectivity index (χ1) is 3.66. The van der Waals surface area contributed by atoms with Crippen molar-refractivity contribution in [1.82, 2.24) is 0 Å². The number of carbonyl (C=O) groups is 1. The van der Waals surface area contributed by atoms with Crippen LogP contribution < -0.4 is 0 Å². The molecule has 0 aromatic heterocycles. The lowest BCUT2D eigenvalue weighted by molar-refractivity contribution is -0.135. The number of hydrogen-bond donors (Lipinski definition) is 1. The smallest absolute Gasteiger partial charge is 0.308 e. The van der Waals surface area contributed by atoms with Gasteiger partial charge in [0.2, 0.25) is 0 Å². The van der Waals surface area contributed by atoms with Crippen LogP contribution in [0.3, 0.4) is 0 Å². The van der Waals surface area contributed by atoms with Crippen LogP contribution in [-0.2, 0) is 4.79 Å². The molecule has 0 atom stereocenters. The standard InChI is InChI=1S/C5H8O2S/c1-2-4(8)3-5(6)7/h2-3H2,1H3,(H,6,7). The van der Waals surface area contributed by atoms with Crippen molar-refractivity contribution in [2.45, 2.75) is 19.8 Å². The van der Waals surface area contributed by atoms with E-state index >= 15 is 0 Å². The Hall–Kier alpha value is -0.440. The van der Waals surface area contributed by atoms with Gasteiger partial charge in [0.15, 0.2) is 0 Å². The molecule has 0 saturated carbocycles. The molecule has 0 aliphatic heterocycles. The number of hydrogen-bond acceptors (Lipinski definition) is 2. The SMILES string of the molecule is CCC(=S)CC(=O)O. The summed E-state index contributed by atoms with van der Waals surface area (Å²) in [5.74, 6) is -0.836. The molecule has 8 heavy (non-hydrogen) atoms. The number of rotatable bonds is 3. The molecule has 0 spiro atoms. The molecule has 0 aliphatic rings. The van der Waals surface area contributed by atoms with Gasteiger partial charge in [-0.2, -0.15) is 0 Å². The highest BCUT2D eigenvalue weighted by Gasteiger charge is 1.98. The first-order valence-electron chi connectivity index (χ1n) is 2.40. The highest BCUT2D eigenvalue weighted by atomic mass is 32.1. The Kier molecular flexibility index (Phi) is 3.35. The molecular weight excluding hydrogens is 124 g/mol. The molecule has 3 heteroatoms. The largest absolute Gasteiger partial charge is 0.481 e. The van der Waals surface area contributed by atoms with Crippen molar-refractivity contribution in [3.05, 3.63) is 0 Å². The van der Waals surface area contributed by atoms with Crippen LogP contribution in [0.1, 0.15) is 19.8 Å². The zero-order valence-electron chi connectivity index (χ0n) is 4.68. The first kappa shape index (κ1) is 7.56. The van der Waals surface area contributed by atoms with Gasteiger partial charge in [-0.1, -0.05) is 19.1 Å². The summed E-state index contributed by atoms with van der Waals surface area (Å²) in [4.78, 5) is 10.5. The Morgan fingerprint density at radius 3 is 2.38 bits per heavy atom. The average Bonchev–Trinajstić information content (AvgIpc) is 1.65. The highest BCUT2D eigenvalue weighted by Crippen LogP contribution is 1.90. The molecule has 46 valence electrons. The summed E-state index contributed by atoms with van der Waals surface area (Å²) in [6.07, 6.45) is 0.716. The molecule has 1 N–H and O–H groups in total. The molecule has 0 bridgehead atoms. The van der Waals surface area contributed by atoms with Crippen molar-refractivity contribution in [2.24, 2.45) is 0 Å². The van der Waals surface area contributed by atoms with Gasteiger partial charge in [-0.3, -0.25) is 4.79 Å².